The van der Waals surface area contributed by atoms with Crippen LogP contribution in [0.5, 0.6) is 0 Å². The summed E-state index contributed by atoms with van der Waals surface area (Å²) in [5.74, 6) is 0. The first kappa shape index (κ1) is 13.2. The van der Waals surface area contributed by atoms with Gasteiger partial charge in [0.2, 0.25) is 0 Å². The average Bonchev–Trinajstić information content (AvgIpc) is 2.17. The number of aliphatic hydroxyl groups excluding tert-OH is 1. The number of hydrogen-bond donors (Lipinski definition) is 2. The van der Waals surface area contributed by atoms with Crippen molar-refractivity contribution in [3.8, 4) is 0 Å². The average molecular weight is 221 g/mol. The first-order valence-electron chi connectivity index (χ1n) is 5.81. The van der Waals surface area contributed by atoms with Crippen LogP contribution in [0.3, 0.4) is 0 Å². The van der Waals surface area contributed by atoms with E-state index in [1.807, 2.05) is 31.2 Å². The van der Waals surface area contributed by atoms with Gasteiger partial charge in [-0.3, -0.25) is 0 Å². The summed E-state index contributed by atoms with van der Waals surface area (Å²) < 4.78 is 0. The zero-order valence-electron chi connectivity index (χ0n) is 10.7. The van der Waals surface area contributed by atoms with Crippen LogP contribution in [-0.2, 0) is 0 Å². The maximum atomic E-state index is 10.1. The van der Waals surface area contributed by atoms with Crippen molar-refractivity contribution >= 4 is 0 Å². The molecule has 2 nitrogen and oxygen atoms in total. The standard InChI is InChI=1S/C14H23NO/c1-10-5-7-11(8-6-10)12(16)9-13(15)14(2,3)4/h5-8,12-13,16H,9,15H2,1-4H3/t12-,13+/m0/s1. The predicted molar refractivity (Wildman–Crippen MR) is 68.2 cm³/mol. The van der Waals surface area contributed by atoms with Crippen molar-refractivity contribution in [3.63, 3.8) is 0 Å². The van der Waals surface area contributed by atoms with Crippen LogP contribution in [0, 0.1) is 12.3 Å². The molecule has 0 aromatic heterocycles. The van der Waals surface area contributed by atoms with E-state index in [0.29, 0.717) is 6.42 Å². The number of aliphatic hydroxyl groups is 1. The van der Waals surface area contributed by atoms with E-state index in [2.05, 4.69) is 20.8 Å². The molecule has 0 spiro atoms. The van der Waals surface area contributed by atoms with Crippen LogP contribution in [-0.4, -0.2) is 11.1 Å². The minimum atomic E-state index is -0.463. The third kappa shape index (κ3) is 3.62. The van der Waals surface area contributed by atoms with Crippen LogP contribution in [0.1, 0.15) is 44.4 Å². The highest BCUT2D eigenvalue weighted by molar-refractivity contribution is 5.23. The van der Waals surface area contributed by atoms with Gasteiger partial charge in [0.25, 0.3) is 0 Å². The molecule has 0 radical (unpaired) electrons. The van der Waals surface area contributed by atoms with Crippen molar-refractivity contribution in [2.45, 2.75) is 46.3 Å². The molecule has 0 saturated heterocycles. The topological polar surface area (TPSA) is 46.2 Å². The van der Waals surface area contributed by atoms with E-state index < -0.39 is 6.10 Å². The molecule has 0 bridgehead atoms. The van der Waals surface area contributed by atoms with Gasteiger partial charge >= 0.3 is 0 Å². The van der Waals surface area contributed by atoms with Crippen molar-refractivity contribution in [3.05, 3.63) is 35.4 Å². The van der Waals surface area contributed by atoms with Crippen molar-refractivity contribution in [1.29, 1.82) is 0 Å². The minimum Gasteiger partial charge on any atom is -0.388 e. The lowest BCUT2D eigenvalue weighted by Gasteiger charge is -2.29. The summed E-state index contributed by atoms with van der Waals surface area (Å²) in [6, 6.07) is 7.97. The van der Waals surface area contributed by atoms with Gasteiger partial charge in [-0.1, -0.05) is 50.6 Å². The van der Waals surface area contributed by atoms with Crippen LogP contribution in [0.15, 0.2) is 24.3 Å². The molecule has 0 fully saturated rings. The van der Waals surface area contributed by atoms with Crippen LogP contribution >= 0.6 is 0 Å². The van der Waals surface area contributed by atoms with Crippen LogP contribution < -0.4 is 5.73 Å². The first-order chi connectivity index (χ1) is 7.30. The summed E-state index contributed by atoms with van der Waals surface area (Å²) in [4.78, 5) is 0. The fourth-order valence-corrected chi connectivity index (χ4v) is 1.52. The Kier molecular flexibility index (Phi) is 4.11. The van der Waals surface area contributed by atoms with E-state index in [1.54, 1.807) is 0 Å². The normalized spacial score (nSPS) is 15.9. The highest BCUT2D eigenvalue weighted by Crippen LogP contribution is 2.26. The summed E-state index contributed by atoms with van der Waals surface area (Å²) in [7, 11) is 0. The van der Waals surface area contributed by atoms with Crippen LogP contribution in [0.25, 0.3) is 0 Å². The first-order valence-corrected chi connectivity index (χ1v) is 5.81. The molecule has 0 aliphatic heterocycles. The summed E-state index contributed by atoms with van der Waals surface area (Å²) >= 11 is 0. The van der Waals surface area contributed by atoms with Crippen molar-refractivity contribution in [1.82, 2.24) is 0 Å². The zero-order chi connectivity index (χ0) is 12.3. The molecule has 0 heterocycles. The van der Waals surface area contributed by atoms with Gasteiger partial charge in [-0.25, -0.2) is 0 Å². The maximum Gasteiger partial charge on any atom is 0.0805 e. The van der Waals surface area contributed by atoms with Crippen molar-refractivity contribution in [2.24, 2.45) is 11.1 Å². The van der Waals surface area contributed by atoms with Gasteiger partial charge < -0.3 is 10.8 Å². The lowest BCUT2D eigenvalue weighted by molar-refractivity contribution is 0.133. The van der Waals surface area contributed by atoms with Crippen molar-refractivity contribution in [2.75, 3.05) is 0 Å². The second-order valence-corrected chi connectivity index (χ2v) is 5.63. The van der Waals surface area contributed by atoms with E-state index in [9.17, 15) is 5.11 Å². The van der Waals surface area contributed by atoms with Crippen LogP contribution in [0.2, 0.25) is 0 Å². The van der Waals surface area contributed by atoms with Gasteiger partial charge in [-0.15, -0.1) is 0 Å². The second-order valence-electron chi connectivity index (χ2n) is 5.63. The number of benzene rings is 1. The van der Waals surface area contributed by atoms with E-state index in [1.165, 1.54) is 5.56 Å². The Balaban J connectivity index is 2.65. The highest BCUT2D eigenvalue weighted by Gasteiger charge is 2.23. The number of nitrogens with two attached hydrogens (primary N) is 1. The van der Waals surface area contributed by atoms with E-state index in [4.69, 9.17) is 5.73 Å². The Hall–Kier alpha value is -0.860. The third-order valence-corrected chi connectivity index (χ3v) is 3.05. The summed E-state index contributed by atoms with van der Waals surface area (Å²) in [5.41, 5.74) is 8.25. The summed E-state index contributed by atoms with van der Waals surface area (Å²) in [6.45, 7) is 8.33. The fourth-order valence-electron chi connectivity index (χ4n) is 1.52. The molecule has 0 aliphatic carbocycles. The smallest absolute Gasteiger partial charge is 0.0805 e. The third-order valence-electron chi connectivity index (χ3n) is 3.05. The zero-order valence-corrected chi connectivity index (χ0v) is 10.7. The molecule has 1 aromatic rings. The van der Waals surface area contributed by atoms with E-state index >= 15 is 0 Å². The number of aryl methyl sites for hydroxylation is 1. The van der Waals surface area contributed by atoms with E-state index in [0.717, 1.165) is 5.56 Å². The lowest BCUT2D eigenvalue weighted by atomic mass is 9.83. The molecule has 2 heteroatoms. The van der Waals surface area contributed by atoms with Crippen molar-refractivity contribution < 1.29 is 5.11 Å². The second kappa shape index (κ2) is 4.98. The van der Waals surface area contributed by atoms with Gasteiger partial charge in [0, 0.05) is 6.04 Å². The largest absolute Gasteiger partial charge is 0.388 e. The summed E-state index contributed by atoms with van der Waals surface area (Å²) in [6.07, 6.45) is 0.141. The Labute approximate surface area is 98.5 Å². The summed E-state index contributed by atoms with van der Waals surface area (Å²) in [5, 5.41) is 10.1. The molecular weight excluding hydrogens is 198 g/mol. The quantitative estimate of drug-likeness (QED) is 0.824. The Morgan fingerprint density at radius 2 is 1.69 bits per heavy atom. The molecule has 1 rings (SSSR count). The molecule has 0 aliphatic rings. The molecule has 2 atom stereocenters. The molecule has 3 N–H and O–H groups in total. The number of hydrogen-bond acceptors (Lipinski definition) is 2. The molecule has 0 amide bonds. The fraction of sp³-hybridized carbons (Fsp3) is 0.571. The maximum absolute atomic E-state index is 10.1. The molecular formula is C14H23NO. The lowest BCUT2D eigenvalue weighted by Crippen LogP contribution is -2.36. The Bertz CT molecular complexity index is 324. The van der Waals surface area contributed by atoms with Gasteiger partial charge in [0.1, 0.15) is 0 Å². The van der Waals surface area contributed by atoms with E-state index in [-0.39, 0.29) is 11.5 Å². The van der Waals surface area contributed by atoms with Gasteiger partial charge in [0.15, 0.2) is 0 Å². The van der Waals surface area contributed by atoms with Gasteiger partial charge in [-0.05, 0) is 24.3 Å². The molecule has 90 valence electrons. The Morgan fingerprint density at radius 1 is 1.19 bits per heavy atom. The predicted octanol–water partition coefficient (Wildman–Crippen LogP) is 2.79. The monoisotopic (exact) mass is 221 g/mol. The molecule has 0 unspecified atom stereocenters. The van der Waals surface area contributed by atoms with Gasteiger partial charge in [0.05, 0.1) is 6.10 Å². The number of rotatable bonds is 3. The molecule has 16 heavy (non-hydrogen) atoms. The molecule has 1 aromatic carbocycles. The SMILES string of the molecule is Cc1ccc([C@@H](O)C[C@@H](N)C(C)(C)C)cc1. The van der Waals surface area contributed by atoms with Crippen LogP contribution in [0.4, 0.5) is 0 Å². The van der Waals surface area contributed by atoms with Gasteiger partial charge in [-0.2, -0.15) is 0 Å². The Morgan fingerprint density at radius 3 is 2.12 bits per heavy atom. The molecule has 0 saturated carbocycles. The highest BCUT2D eigenvalue weighted by atomic mass is 16.3. The minimum absolute atomic E-state index is 0.00352.